The zero-order valence-electron chi connectivity index (χ0n) is 6.59. The molecule has 0 amide bonds. The van der Waals surface area contributed by atoms with E-state index in [4.69, 9.17) is 11.6 Å². The Morgan fingerprint density at radius 3 is 1.64 bits per heavy atom. The standard InChI is InChI=1S/C7H7Cl.3H3P/c8-6-7-4-2-1-3-5-7;;;/h1-5H,6H2;3*1H3. The van der Waals surface area contributed by atoms with Crippen LogP contribution in [-0.2, 0) is 5.88 Å². The van der Waals surface area contributed by atoms with Gasteiger partial charge in [0.25, 0.3) is 0 Å². The van der Waals surface area contributed by atoms with E-state index in [9.17, 15) is 0 Å². The minimum atomic E-state index is 0. The third-order valence-electron chi connectivity index (χ3n) is 0.997. The summed E-state index contributed by atoms with van der Waals surface area (Å²) in [5.74, 6) is 0.612. The highest BCUT2D eigenvalue weighted by molar-refractivity contribution is 6.92. The van der Waals surface area contributed by atoms with Gasteiger partial charge >= 0.3 is 0 Å². The van der Waals surface area contributed by atoms with Crippen LogP contribution < -0.4 is 0 Å². The summed E-state index contributed by atoms with van der Waals surface area (Å²) in [5, 5.41) is 0. The Labute approximate surface area is 83.4 Å². The highest BCUT2D eigenvalue weighted by atomic mass is 35.5. The molecule has 1 rings (SSSR count). The SMILES string of the molecule is ClCc1ccccc1.P.P.P. The number of halogens is 1. The highest BCUT2D eigenvalue weighted by Gasteiger charge is 1.81. The molecular formula is C7H16ClP3. The van der Waals surface area contributed by atoms with Crippen LogP contribution in [0.25, 0.3) is 0 Å². The van der Waals surface area contributed by atoms with Gasteiger partial charge in [-0.2, -0.15) is 29.7 Å². The first-order valence-corrected chi connectivity index (χ1v) is 3.07. The van der Waals surface area contributed by atoms with Gasteiger partial charge in [0.2, 0.25) is 0 Å². The van der Waals surface area contributed by atoms with Gasteiger partial charge in [0.15, 0.2) is 0 Å². The first-order valence-electron chi connectivity index (χ1n) is 2.53. The second-order valence-corrected chi connectivity index (χ2v) is 1.89. The molecule has 0 aromatic heterocycles. The zero-order chi connectivity index (χ0) is 5.82. The fourth-order valence-electron chi connectivity index (χ4n) is 0.567. The molecule has 66 valence electrons. The van der Waals surface area contributed by atoms with Crippen molar-refractivity contribution in [2.45, 2.75) is 5.88 Å². The van der Waals surface area contributed by atoms with Crippen molar-refractivity contribution in [3.05, 3.63) is 35.9 Å². The normalized spacial score (nSPS) is 6.64. The van der Waals surface area contributed by atoms with Gasteiger partial charge in [-0.25, -0.2) is 0 Å². The van der Waals surface area contributed by atoms with Gasteiger partial charge in [0.05, 0.1) is 0 Å². The summed E-state index contributed by atoms with van der Waals surface area (Å²) in [6, 6.07) is 9.96. The monoisotopic (exact) mass is 228 g/mol. The molecule has 0 nitrogen and oxygen atoms in total. The molecule has 11 heavy (non-hydrogen) atoms. The molecule has 0 fully saturated rings. The van der Waals surface area contributed by atoms with Crippen LogP contribution in [0.15, 0.2) is 30.3 Å². The predicted octanol–water partition coefficient (Wildman–Crippen LogP) is 2.60. The maximum atomic E-state index is 5.53. The molecule has 3 atom stereocenters. The lowest BCUT2D eigenvalue weighted by atomic mass is 10.2. The molecule has 1 aromatic rings. The molecule has 0 N–H and O–H groups in total. The van der Waals surface area contributed by atoms with Gasteiger partial charge < -0.3 is 0 Å². The van der Waals surface area contributed by atoms with E-state index in [0.29, 0.717) is 5.88 Å². The highest BCUT2D eigenvalue weighted by Crippen LogP contribution is 2.00. The van der Waals surface area contributed by atoms with E-state index in [1.165, 1.54) is 5.56 Å². The van der Waals surface area contributed by atoms with Crippen LogP contribution >= 0.6 is 41.3 Å². The van der Waals surface area contributed by atoms with Gasteiger partial charge in [-0.3, -0.25) is 0 Å². The van der Waals surface area contributed by atoms with Crippen LogP contribution in [0.5, 0.6) is 0 Å². The topological polar surface area (TPSA) is 0 Å². The van der Waals surface area contributed by atoms with Gasteiger partial charge in [-0.1, -0.05) is 30.3 Å². The van der Waals surface area contributed by atoms with Crippen LogP contribution in [0.1, 0.15) is 5.56 Å². The van der Waals surface area contributed by atoms with Crippen molar-refractivity contribution in [3.63, 3.8) is 0 Å². The number of hydrogen-bond acceptors (Lipinski definition) is 0. The zero-order valence-corrected chi connectivity index (χ0v) is 11.6. The summed E-state index contributed by atoms with van der Waals surface area (Å²) in [6.45, 7) is 0. The summed E-state index contributed by atoms with van der Waals surface area (Å²) in [6.07, 6.45) is 0. The van der Waals surface area contributed by atoms with Crippen molar-refractivity contribution >= 4 is 41.3 Å². The molecule has 3 unspecified atom stereocenters. The van der Waals surface area contributed by atoms with E-state index in [2.05, 4.69) is 0 Å². The Hall–Kier alpha value is 0.800. The van der Waals surface area contributed by atoms with Crippen LogP contribution in [0.3, 0.4) is 0 Å². The van der Waals surface area contributed by atoms with Crippen LogP contribution in [0.2, 0.25) is 0 Å². The predicted molar refractivity (Wildman–Crippen MR) is 69.3 cm³/mol. The van der Waals surface area contributed by atoms with Crippen molar-refractivity contribution in [2.75, 3.05) is 0 Å². The van der Waals surface area contributed by atoms with Crippen LogP contribution in [-0.4, -0.2) is 0 Å². The molecule has 0 aliphatic carbocycles. The van der Waals surface area contributed by atoms with Gasteiger partial charge in [0.1, 0.15) is 0 Å². The molecule has 0 radical (unpaired) electrons. The molecule has 0 saturated carbocycles. The molecule has 0 aliphatic rings. The Morgan fingerprint density at radius 1 is 0.909 bits per heavy atom. The Balaban J connectivity index is -0.000000213. The summed E-state index contributed by atoms with van der Waals surface area (Å²) in [4.78, 5) is 0. The third kappa shape index (κ3) is 7.17. The summed E-state index contributed by atoms with van der Waals surface area (Å²) in [5.41, 5.74) is 1.18. The Kier molecular flexibility index (Phi) is 17.4. The molecule has 1 aromatic carbocycles. The van der Waals surface area contributed by atoms with E-state index in [0.717, 1.165) is 0 Å². The molecule has 0 heterocycles. The minimum absolute atomic E-state index is 0. The van der Waals surface area contributed by atoms with E-state index in [1.807, 2.05) is 30.3 Å². The van der Waals surface area contributed by atoms with Crippen molar-refractivity contribution in [1.82, 2.24) is 0 Å². The molecule has 0 bridgehead atoms. The molecular weight excluding hydrogens is 212 g/mol. The van der Waals surface area contributed by atoms with Crippen molar-refractivity contribution in [3.8, 4) is 0 Å². The van der Waals surface area contributed by atoms with Crippen molar-refractivity contribution in [2.24, 2.45) is 0 Å². The minimum Gasteiger partial charge on any atom is -0.153 e. The maximum absolute atomic E-state index is 5.53. The maximum Gasteiger partial charge on any atom is 0.0474 e. The van der Waals surface area contributed by atoms with E-state index < -0.39 is 0 Å². The second kappa shape index (κ2) is 10.8. The lowest BCUT2D eigenvalue weighted by Gasteiger charge is -1.88. The molecule has 4 heteroatoms. The lowest BCUT2D eigenvalue weighted by molar-refractivity contribution is 1.41. The van der Waals surface area contributed by atoms with Crippen LogP contribution in [0.4, 0.5) is 0 Å². The average molecular weight is 229 g/mol. The van der Waals surface area contributed by atoms with Crippen molar-refractivity contribution < 1.29 is 0 Å². The first-order chi connectivity index (χ1) is 3.93. The smallest absolute Gasteiger partial charge is 0.0474 e. The molecule has 0 spiro atoms. The third-order valence-corrected chi connectivity index (χ3v) is 1.31. The Morgan fingerprint density at radius 2 is 1.36 bits per heavy atom. The van der Waals surface area contributed by atoms with E-state index in [1.54, 1.807) is 0 Å². The quantitative estimate of drug-likeness (QED) is 0.512. The van der Waals surface area contributed by atoms with Gasteiger partial charge in [0, 0.05) is 5.88 Å². The Bertz CT molecular complexity index is 155. The molecule has 0 aliphatic heterocycles. The lowest BCUT2D eigenvalue weighted by Crippen LogP contribution is -1.71. The van der Waals surface area contributed by atoms with Crippen molar-refractivity contribution in [1.29, 1.82) is 0 Å². The van der Waals surface area contributed by atoms with Gasteiger partial charge in [-0.15, -0.1) is 11.6 Å². The first kappa shape index (κ1) is 17.8. The summed E-state index contributed by atoms with van der Waals surface area (Å²) in [7, 11) is 0. The number of benzene rings is 1. The number of hydrogen-bond donors (Lipinski definition) is 0. The van der Waals surface area contributed by atoms with Gasteiger partial charge in [-0.05, 0) is 5.56 Å². The summed E-state index contributed by atoms with van der Waals surface area (Å²) < 4.78 is 0. The number of rotatable bonds is 1. The average Bonchev–Trinajstić information content (AvgIpc) is 1.90. The fraction of sp³-hybridized carbons (Fsp3) is 0.143. The van der Waals surface area contributed by atoms with Crippen LogP contribution in [0, 0.1) is 0 Å². The van der Waals surface area contributed by atoms with E-state index >= 15 is 0 Å². The van der Waals surface area contributed by atoms with E-state index in [-0.39, 0.29) is 29.7 Å². The summed E-state index contributed by atoms with van der Waals surface area (Å²) >= 11 is 5.53. The fourth-order valence-corrected chi connectivity index (χ4v) is 0.745. The second-order valence-electron chi connectivity index (χ2n) is 1.62. The molecule has 0 saturated heterocycles. The number of alkyl halides is 1. The largest absolute Gasteiger partial charge is 0.153 e.